The monoisotopic (exact) mass is 218 g/mol. The number of rotatable bonds is 9. The third-order valence-electron chi connectivity index (χ3n) is 1.99. The molecule has 0 saturated heterocycles. The minimum Gasteiger partial charge on any atom is -0.395 e. The van der Waals surface area contributed by atoms with Crippen molar-refractivity contribution in [1.82, 2.24) is 10.6 Å². The van der Waals surface area contributed by atoms with E-state index < -0.39 is 0 Å². The van der Waals surface area contributed by atoms with Gasteiger partial charge in [-0.05, 0) is 6.42 Å². The van der Waals surface area contributed by atoms with E-state index in [4.69, 9.17) is 9.84 Å². The summed E-state index contributed by atoms with van der Waals surface area (Å²) >= 11 is 0. The third-order valence-corrected chi connectivity index (χ3v) is 1.99. The fraction of sp³-hybridized carbons (Fsp3) is 0.900. The highest BCUT2D eigenvalue weighted by molar-refractivity contribution is 5.77. The van der Waals surface area contributed by atoms with Crippen molar-refractivity contribution in [1.29, 1.82) is 0 Å². The molecular weight excluding hydrogens is 196 g/mol. The number of amides is 1. The summed E-state index contributed by atoms with van der Waals surface area (Å²) in [6, 6.07) is -0.174. The quantitative estimate of drug-likeness (QED) is 0.456. The van der Waals surface area contributed by atoms with Crippen LogP contribution < -0.4 is 10.6 Å². The molecule has 0 saturated carbocycles. The van der Waals surface area contributed by atoms with Gasteiger partial charge in [0.05, 0.1) is 25.8 Å². The van der Waals surface area contributed by atoms with E-state index in [1.165, 1.54) is 0 Å². The van der Waals surface area contributed by atoms with Gasteiger partial charge < -0.3 is 20.5 Å². The molecule has 0 aromatic rings. The standard InChI is InChI=1S/C10H22N2O3/c1-3-4-5-11-10(14)6-12-9(7-13)8-15-2/h9,12-13H,3-8H2,1-2H3,(H,11,14). The second kappa shape index (κ2) is 9.89. The summed E-state index contributed by atoms with van der Waals surface area (Å²) < 4.78 is 4.87. The number of carbonyl (C=O) groups is 1. The van der Waals surface area contributed by atoms with Gasteiger partial charge in [-0.15, -0.1) is 0 Å². The summed E-state index contributed by atoms with van der Waals surface area (Å²) in [7, 11) is 1.56. The lowest BCUT2D eigenvalue weighted by Crippen LogP contribution is -2.43. The van der Waals surface area contributed by atoms with E-state index >= 15 is 0 Å². The van der Waals surface area contributed by atoms with E-state index in [1.54, 1.807) is 7.11 Å². The Bertz CT molecular complexity index is 165. The molecule has 1 amide bonds. The minimum atomic E-state index is -0.174. The maximum absolute atomic E-state index is 11.2. The zero-order valence-corrected chi connectivity index (χ0v) is 9.58. The number of nitrogens with one attached hydrogen (secondary N) is 2. The molecular formula is C10H22N2O3. The van der Waals surface area contributed by atoms with Gasteiger partial charge in [0.2, 0.25) is 5.91 Å². The van der Waals surface area contributed by atoms with E-state index in [1.807, 2.05) is 0 Å². The molecule has 5 heteroatoms. The van der Waals surface area contributed by atoms with Gasteiger partial charge in [-0.25, -0.2) is 0 Å². The molecule has 0 radical (unpaired) electrons. The molecule has 0 bridgehead atoms. The molecule has 15 heavy (non-hydrogen) atoms. The average molecular weight is 218 g/mol. The van der Waals surface area contributed by atoms with Gasteiger partial charge in [-0.2, -0.15) is 0 Å². The molecule has 0 fully saturated rings. The highest BCUT2D eigenvalue weighted by Crippen LogP contribution is 1.84. The van der Waals surface area contributed by atoms with Gasteiger partial charge in [0, 0.05) is 13.7 Å². The lowest BCUT2D eigenvalue weighted by molar-refractivity contribution is -0.120. The van der Waals surface area contributed by atoms with Crippen molar-refractivity contribution in [3.63, 3.8) is 0 Å². The van der Waals surface area contributed by atoms with Crippen molar-refractivity contribution in [2.45, 2.75) is 25.8 Å². The number of hydrogen-bond donors (Lipinski definition) is 3. The lowest BCUT2D eigenvalue weighted by Gasteiger charge is -2.14. The largest absolute Gasteiger partial charge is 0.395 e. The van der Waals surface area contributed by atoms with Crippen LogP contribution in [-0.4, -0.2) is 50.5 Å². The zero-order chi connectivity index (χ0) is 11.5. The Morgan fingerprint density at radius 2 is 2.27 bits per heavy atom. The van der Waals surface area contributed by atoms with Gasteiger partial charge in [0.1, 0.15) is 0 Å². The number of methoxy groups -OCH3 is 1. The van der Waals surface area contributed by atoms with Crippen LogP contribution in [0.2, 0.25) is 0 Å². The molecule has 0 rings (SSSR count). The van der Waals surface area contributed by atoms with E-state index in [0.29, 0.717) is 13.2 Å². The molecule has 0 aliphatic rings. The van der Waals surface area contributed by atoms with Gasteiger partial charge in [-0.3, -0.25) is 4.79 Å². The molecule has 0 aliphatic heterocycles. The van der Waals surface area contributed by atoms with Crippen LogP contribution >= 0.6 is 0 Å². The van der Waals surface area contributed by atoms with Crippen LogP contribution in [0.3, 0.4) is 0 Å². The Kier molecular flexibility index (Phi) is 9.46. The third kappa shape index (κ3) is 8.35. The number of hydrogen-bond acceptors (Lipinski definition) is 4. The van der Waals surface area contributed by atoms with Crippen LogP contribution in [0.25, 0.3) is 0 Å². The number of aliphatic hydroxyl groups is 1. The highest BCUT2D eigenvalue weighted by Gasteiger charge is 2.08. The maximum atomic E-state index is 11.2. The van der Waals surface area contributed by atoms with Crippen LogP contribution in [0.5, 0.6) is 0 Å². The number of ether oxygens (including phenoxy) is 1. The minimum absolute atomic E-state index is 0.0317. The predicted molar refractivity (Wildman–Crippen MR) is 58.7 cm³/mol. The van der Waals surface area contributed by atoms with Crippen molar-refractivity contribution in [3.8, 4) is 0 Å². The fourth-order valence-corrected chi connectivity index (χ4v) is 1.08. The van der Waals surface area contributed by atoms with E-state index in [0.717, 1.165) is 12.8 Å². The zero-order valence-electron chi connectivity index (χ0n) is 9.58. The second-order valence-electron chi connectivity index (χ2n) is 3.42. The summed E-state index contributed by atoms with van der Waals surface area (Å²) in [5.41, 5.74) is 0. The first-order chi connectivity index (χ1) is 7.24. The van der Waals surface area contributed by atoms with Crippen LogP contribution in [0.4, 0.5) is 0 Å². The Morgan fingerprint density at radius 1 is 1.53 bits per heavy atom. The van der Waals surface area contributed by atoms with Crippen LogP contribution in [0.1, 0.15) is 19.8 Å². The number of carbonyl (C=O) groups excluding carboxylic acids is 1. The van der Waals surface area contributed by atoms with E-state index in [-0.39, 0.29) is 25.1 Å². The summed E-state index contributed by atoms with van der Waals surface area (Å²) in [6.07, 6.45) is 2.06. The number of unbranched alkanes of at least 4 members (excludes halogenated alkanes) is 1. The molecule has 0 aliphatic carbocycles. The Labute approximate surface area is 91.2 Å². The number of aliphatic hydroxyl groups excluding tert-OH is 1. The van der Waals surface area contributed by atoms with Gasteiger partial charge >= 0.3 is 0 Å². The molecule has 0 heterocycles. The average Bonchev–Trinajstić information content (AvgIpc) is 2.24. The van der Waals surface area contributed by atoms with Gasteiger partial charge in [0.15, 0.2) is 0 Å². The second-order valence-corrected chi connectivity index (χ2v) is 3.42. The smallest absolute Gasteiger partial charge is 0.233 e. The predicted octanol–water partition coefficient (Wildman–Crippen LogP) is -0.500. The molecule has 3 N–H and O–H groups in total. The van der Waals surface area contributed by atoms with E-state index in [2.05, 4.69) is 17.6 Å². The first kappa shape index (κ1) is 14.3. The van der Waals surface area contributed by atoms with E-state index in [9.17, 15) is 4.79 Å². The molecule has 0 aromatic heterocycles. The topological polar surface area (TPSA) is 70.6 Å². The summed E-state index contributed by atoms with van der Waals surface area (Å²) in [6.45, 7) is 3.38. The Balaban J connectivity index is 3.50. The van der Waals surface area contributed by atoms with Gasteiger partial charge in [0.25, 0.3) is 0 Å². The van der Waals surface area contributed by atoms with Crippen molar-refractivity contribution in [2.24, 2.45) is 0 Å². The molecule has 1 atom stereocenters. The Hall–Kier alpha value is -0.650. The lowest BCUT2D eigenvalue weighted by atomic mass is 10.3. The Morgan fingerprint density at radius 3 is 2.80 bits per heavy atom. The van der Waals surface area contributed by atoms with Crippen molar-refractivity contribution in [3.05, 3.63) is 0 Å². The van der Waals surface area contributed by atoms with Crippen LogP contribution in [-0.2, 0) is 9.53 Å². The molecule has 5 nitrogen and oxygen atoms in total. The first-order valence-corrected chi connectivity index (χ1v) is 5.34. The fourth-order valence-electron chi connectivity index (χ4n) is 1.08. The van der Waals surface area contributed by atoms with Crippen molar-refractivity contribution in [2.75, 3.05) is 33.4 Å². The van der Waals surface area contributed by atoms with Crippen LogP contribution in [0.15, 0.2) is 0 Å². The SMILES string of the molecule is CCCCNC(=O)CNC(CO)COC. The normalized spacial score (nSPS) is 12.5. The molecule has 0 spiro atoms. The molecule has 1 unspecified atom stereocenters. The first-order valence-electron chi connectivity index (χ1n) is 5.34. The molecule has 90 valence electrons. The summed E-state index contributed by atoms with van der Waals surface area (Å²) in [5.74, 6) is -0.0435. The van der Waals surface area contributed by atoms with Crippen molar-refractivity contribution >= 4 is 5.91 Å². The summed E-state index contributed by atoms with van der Waals surface area (Å²) in [4.78, 5) is 11.2. The molecule has 0 aromatic carbocycles. The van der Waals surface area contributed by atoms with Gasteiger partial charge in [-0.1, -0.05) is 13.3 Å². The van der Waals surface area contributed by atoms with Crippen LogP contribution in [0, 0.1) is 0 Å². The maximum Gasteiger partial charge on any atom is 0.233 e. The van der Waals surface area contributed by atoms with Crippen molar-refractivity contribution < 1.29 is 14.6 Å². The summed E-state index contributed by atoms with van der Waals surface area (Å²) in [5, 5.41) is 14.6. The highest BCUT2D eigenvalue weighted by atomic mass is 16.5.